The van der Waals surface area contributed by atoms with Crippen LogP contribution in [0.3, 0.4) is 0 Å². The maximum atomic E-state index is 5.01. The second-order valence-corrected chi connectivity index (χ2v) is 7.14. The molecular formula is C17H22N2S. The van der Waals surface area contributed by atoms with E-state index in [0.29, 0.717) is 6.04 Å². The first-order valence-electron chi connectivity index (χ1n) is 7.36. The molecule has 0 amide bonds. The molecule has 1 aliphatic carbocycles. The molecular weight excluding hydrogens is 264 g/mol. The van der Waals surface area contributed by atoms with Gasteiger partial charge in [-0.1, -0.05) is 30.3 Å². The molecule has 1 N–H and O–H groups in total. The molecule has 1 atom stereocenters. The minimum Gasteiger partial charge on any atom is -0.312 e. The van der Waals surface area contributed by atoms with Crippen LogP contribution in [0.2, 0.25) is 0 Å². The lowest BCUT2D eigenvalue weighted by molar-refractivity contribution is 0.486. The van der Waals surface area contributed by atoms with Gasteiger partial charge < -0.3 is 5.32 Å². The molecule has 0 aliphatic heterocycles. The molecule has 1 unspecified atom stereocenters. The van der Waals surface area contributed by atoms with Crippen LogP contribution < -0.4 is 5.32 Å². The van der Waals surface area contributed by atoms with Crippen LogP contribution >= 0.6 is 11.3 Å². The number of aryl methyl sites for hydroxylation is 1. The topological polar surface area (TPSA) is 24.9 Å². The number of fused-ring (bicyclic) bond motifs is 1. The average Bonchev–Trinajstić information content (AvgIpc) is 2.93. The van der Waals surface area contributed by atoms with E-state index in [1.165, 1.54) is 40.4 Å². The molecule has 0 bridgehead atoms. The van der Waals surface area contributed by atoms with E-state index in [0.717, 1.165) is 0 Å². The Bertz CT molecular complexity index is 586. The number of rotatable bonds is 3. The number of nitrogens with one attached hydrogen (secondary N) is 1. The molecule has 2 aromatic rings. The van der Waals surface area contributed by atoms with Crippen LogP contribution in [-0.2, 0) is 11.8 Å². The van der Waals surface area contributed by atoms with E-state index in [1.54, 1.807) is 0 Å². The highest BCUT2D eigenvalue weighted by atomic mass is 32.1. The molecule has 1 aromatic carbocycles. The Morgan fingerprint density at radius 3 is 2.70 bits per heavy atom. The van der Waals surface area contributed by atoms with Crippen molar-refractivity contribution in [1.82, 2.24) is 10.3 Å². The van der Waals surface area contributed by atoms with Crippen LogP contribution in [0.1, 0.15) is 53.9 Å². The third-order valence-corrected chi connectivity index (χ3v) is 5.79. The highest BCUT2D eigenvalue weighted by Crippen LogP contribution is 2.40. The Morgan fingerprint density at radius 1 is 1.25 bits per heavy atom. The molecule has 3 heteroatoms. The second-order valence-electron chi connectivity index (χ2n) is 6.05. The van der Waals surface area contributed by atoms with Gasteiger partial charge in [0.05, 0.1) is 11.7 Å². The molecule has 0 radical (unpaired) electrons. The maximum Gasteiger partial charge on any atom is 0.103 e. The van der Waals surface area contributed by atoms with E-state index < -0.39 is 0 Å². The number of hydrogen-bond acceptors (Lipinski definition) is 3. The highest BCUT2D eigenvalue weighted by molar-refractivity contribution is 7.12. The fourth-order valence-electron chi connectivity index (χ4n) is 2.95. The monoisotopic (exact) mass is 286 g/mol. The van der Waals surface area contributed by atoms with Crippen LogP contribution in [0.5, 0.6) is 0 Å². The number of nitrogens with zero attached hydrogens (tertiary/aromatic N) is 1. The molecule has 2 nitrogen and oxygen atoms in total. The van der Waals surface area contributed by atoms with E-state index in [1.807, 2.05) is 18.4 Å². The summed E-state index contributed by atoms with van der Waals surface area (Å²) in [5.41, 5.74) is 2.62. The predicted octanol–water partition coefficient (Wildman–Crippen LogP) is 4.07. The van der Waals surface area contributed by atoms with Crippen molar-refractivity contribution < 1.29 is 0 Å². The van der Waals surface area contributed by atoms with Crippen LogP contribution in [-0.4, -0.2) is 12.0 Å². The zero-order chi connectivity index (χ0) is 14.2. The van der Waals surface area contributed by atoms with Gasteiger partial charge in [0.25, 0.3) is 0 Å². The van der Waals surface area contributed by atoms with Gasteiger partial charge in [-0.3, -0.25) is 0 Å². The van der Waals surface area contributed by atoms with Gasteiger partial charge in [0.15, 0.2) is 0 Å². The molecule has 0 fully saturated rings. The molecule has 20 heavy (non-hydrogen) atoms. The fraction of sp³-hybridized carbons (Fsp3) is 0.471. The van der Waals surface area contributed by atoms with Crippen LogP contribution in [0, 0.1) is 0 Å². The quantitative estimate of drug-likeness (QED) is 0.920. The maximum absolute atomic E-state index is 5.01. The summed E-state index contributed by atoms with van der Waals surface area (Å²) in [7, 11) is 2.04. The van der Waals surface area contributed by atoms with Crippen LogP contribution in [0.4, 0.5) is 0 Å². The number of hydrogen-bond donors (Lipinski definition) is 1. The van der Waals surface area contributed by atoms with Gasteiger partial charge in [0.1, 0.15) is 5.01 Å². The first-order chi connectivity index (χ1) is 9.63. The van der Waals surface area contributed by atoms with Crippen molar-refractivity contribution >= 4 is 11.3 Å². The molecule has 1 heterocycles. The zero-order valence-corrected chi connectivity index (χ0v) is 13.3. The Kier molecular flexibility index (Phi) is 3.65. The standard InChI is InChI=1S/C17H22N2S/c1-17(2,12-8-5-4-6-9-12)16-19-15-13(18-3)10-7-11-14(15)20-16/h4-6,8-9,13,18H,7,10-11H2,1-3H3. The lowest BCUT2D eigenvalue weighted by Gasteiger charge is -2.22. The minimum atomic E-state index is -0.0123. The molecule has 106 valence electrons. The number of benzene rings is 1. The molecule has 1 aliphatic rings. The summed E-state index contributed by atoms with van der Waals surface area (Å²) < 4.78 is 0. The Morgan fingerprint density at radius 2 is 2.00 bits per heavy atom. The van der Waals surface area contributed by atoms with E-state index in [4.69, 9.17) is 4.98 Å². The normalized spacial score (nSPS) is 18.9. The third-order valence-electron chi connectivity index (χ3n) is 4.33. The molecule has 0 spiro atoms. The number of aromatic nitrogens is 1. The highest BCUT2D eigenvalue weighted by Gasteiger charge is 2.31. The third kappa shape index (κ3) is 2.29. The molecule has 0 saturated heterocycles. The van der Waals surface area contributed by atoms with Crippen molar-refractivity contribution in [3.8, 4) is 0 Å². The smallest absolute Gasteiger partial charge is 0.103 e. The lowest BCUT2D eigenvalue weighted by Crippen LogP contribution is -2.22. The largest absolute Gasteiger partial charge is 0.312 e. The van der Waals surface area contributed by atoms with Gasteiger partial charge in [-0.15, -0.1) is 11.3 Å². The van der Waals surface area contributed by atoms with Gasteiger partial charge >= 0.3 is 0 Å². The minimum absolute atomic E-state index is 0.0123. The second kappa shape index (κ2) is 5.30. The SMILES string of the molecule is CNC1CCCc2sc(C(C)(C)c3ccccc3)nc21. The first kappa shape index (κ1) is 13.8. The molecule has 3 rings (SSSR count). The first-order valence-corrected chi connectivity index (χ1v) is 8.17. The van der Waals surface area contributed by atoms with Crippen molar-refractivity contribution in [1.29, 1.82) is 0 Å². The van der Waals surface area contributed by atoms with Crippen molar-refractivity contribution in [3.05, 3.63) is 51.5 Å². The van der Waals surface area contributed by atoms with Crippen molar-refractivity contribution in [2.45, 2.75) is 44.6 Å². The lowest BCUT2D eigenvalue weighted by atomic mass is 9.85. The molecule has 1 aromatic heterocycles. The summed E-state index contributed by atoms with van der Waals surface area (Å²) in [6.45, 7) is 4.56. The zero-order valence-electron chi connectivity index (χ0n) is 12.4. The summed E-state index contributed by atoms with van der Waals surface area (Å²) in [6, 6.07) is 11.1. The Labute approximate surface area is 125 Å². The Hall–Kier alpha value is -1.19. The van der Waals surface area contributed by atoms with Gasteiger partial charge in [0.2, 0.25) is 0 Å². The van der Waals surface area contributed by atoms with Crippen molar-refractivity contribution in [2.24, 2.45) is 0 Å². The fourth-order valence-corrected chi connectivity index (χ4v) is 4.23. The van der Waals surface area contributed by atoms with Gasteiger partial charge in [-0.05, 0) is 45.7 Å². The Balaban J connectivity index is 2.01. The molecule has 0 saturated carbocycles. The van der Waals surface area contributed by atoms with Gasteiger partial charge in [-0.2, -0.15) is 0 Å². The predicted molar refractivity (Wildman–Crippen MR) is 85.4 cm³/mol. The van der Waals surface area contributed by atoms with E-state index in [-0.39, 0.29) is 5.41 Å². The summed E-state index contributed by atoms with van der Waals surface area (Å²) in [5.74, 6) is 0. The summed E-state index contributed by atoms with van der Waals surface area (Å²) in [5, 5.41) is 4.65. The summed E-state index contributed by atoms with van der Waals surface area (Å²) >= 11 is 1.91. The van der Waals surface area contributed by atoms with E-state index >= 15 is 0 Å². The van der Waals surface area contributed by atoms with Crippen molar-refractivity contribution in [2.75, 3.05) is 7.05 Å². The summed E-state index contributed by atoms with van der Waals surface area (Å²) in [6.07, 6.45) is 3.67. The van der Waals surface area contributed by atoms with Crippen molar-refractivity contribution in [3.63, 3.8) is 0 Å². The van der Waals surface area contributed by atoms with E-state index in [9.17, 15) is 0 Å². The van der Waals surface area contributed by atoms with Gasteiger partial charge in [0, 0.05) is 10.3 Å². The van der Waals surface area contributed by atoms with Gasteiger partial charge in [-0.25, -0.2) is 4.98 Å². The van der Waals surface area contributed by atoms with Crippen LogP contribution in [0.25, 0.3) is 0 Å². The average molecular weight is 286 g/mol. The van der Waals surface area contributed by atoms with Crippen LogP contribution in [0.15, 0.2) is 30.3 Å². The number of thiazole rings is 1. The van der Waals surface area contributed by atoms with E-state index in [2.05, 4.69) is 49.5 Å². The summed E-state index contributed by atoms with van der Waals surface area (Å²) in [4.78, 5) is 6.49.